The van der Waals surface area contributed by atoms with E-state index in [1.807, 2.05) is 18.2 Å². The van der Waals surface area contributed by atoms with E-state index in [4.69, 9.17) is 0 Å². The van der Waals surface area contributed by atoms with Crippen LogP contribution in [0.25, 0.3) is 0 Å². The van der Waals surface area contributed by atoms with Crippen molar-refractivity contribution in [2.24, 2.45) is 0 Å². The summed E-state index contributed by atoms with van der Waals surface area (Å²) in [6.07, 6.45) is 5.54. The minimum absolute atomic E-state index is 0.321. The summed E-state index contributed by atoms with van der Waals surface area (Å²) in [5, 5.41) is 0. The highest BCUT2D eigenvalue weighted by molar-refractivity contribution is 5.77. The average Bonchev–Trinajstić information content (AvgIpc) is 2.68. The maximum Gasteiger partial charge on any atom is 0.223 e. The monoisotopic (exact) mass is 245 g/mol. The maximum absolute atomic E-state index is 12.3. The Kier molecular flexibility index (Phi) is 4.80. The first-order valence-electron chi connectivity index (χ1n) is 7.10. The summed E-state index contributed by atoms with van der Waals surface area (Å²) in [5.74, 6) is 0.648. The third-order valence-corrected chi connectivity index (χ3v) is 3.81. The molecule has 2 rings (SSSR count). The van der Waals surface area contributed by atoms with E-state index in [9.17, 15) is 4.79 Å². The van der Waals surface area contributed by atoms with E-state index in [0.29, 0.717) is 18.2 Å². The molecule has 1 atom stereocenters. The van der Waals surface area contributed by atoms with E-state index in [2.05, 4.69) is 24.0 Å². The van der Waals surface area contributed by atoms with E-state index in [0.717, 1.165) is 13.1 Å². The lowest BCUT2D eigenvalue weighted by Gasteiger charge is -2.22. The Balaban J connectivity index is 1.90. The second-order valence-corrected chi connectivity index (χ2v) is 5.31. The van der Waals surface area contributed by atoms with E-state index in [1.165, 1.54) is 31.2 Å². The molecule has 0 bridgehead atoms. The number of amides is 1. The van der Waals surface area contributed by atoms with E-state index < -0.39 is 0 Å². The van der Waals surface area contributed by atoms with Crippen LogP contribution >= 0.6 is 0 Å². The van der Waals surface area contributed by atoms with Gasteiger partial charge in [-0.05, 0) is 24.3 Å². The molecule has 2 heteroatoms. The molecule has 1 aliphatic rings. The van der Waals surface area contributed by atoms with Gasteiger partial charge in [-0.25, -0.2) is 0 Å². The molecule has 1 saturated heterocycles. The molecule has 1 heterocycles. The minimum Gasteiger partial charge on any atom is -0.343 e. The molecule has 0 N–H and O–H groups in total. The molecule has 0 spiro atoms. The van der Waals surface area contributed by atoms with Gasteiger partial charge in [0, 0.05) is 19.5 Å². The first kappa shape index (κ1) is 13.1. The van der Waals surface area contributed by atoms with Crippen molar-refractivity contribution in [2.75, 3.05) is 13.1 Å². The summed E-state index contributed by atoms with van der Waals surface area (Å²) in [6, 6.07) is 10.3. The van der Waals surface area contributed by atoms with Crippen molar-refractivity contribution in [1.29, 1.82) is 0 Å². The highest BCUT2D eigenvalue weighted by Gasteiger charge is 2.18. The van der Waals surface area contributed by atoms with Crippen LogP contribution in [0.3, 0.4) is 0 Å². The predicted molar refractivity (Wildman–Crippen MR) is 74.5 cm³/mol. The largest absolute Gasteiger partial charge is 0.343 e. The van der Waals surface area contributed by atoms with Crippen molar-refractivity contribution in [1.82, 2.24) is 4.90 Å². The first-order valence-corrected chi connectivity index (χ1v) is 7.10. The number of hydrogen-bond donors (Lipinski definition) is 0. The van der Waals surface area contributed by atoms with Crippen molar-refractivity contribution in [3.05, 3.63) is 35.9 Å². The smallest absolute Gasteiger partial charge is 0.223 e. The summed E-state index contributed by atoms with van der Waals surface area (Å²) in [7, 11) is 0. The van der Waals surface area contributed by atoms with Crippen molar-refractivity contribution in [2.45, 2.75) is 44.9 Å². The summed E-state index contributed by atoms with van der Waals surface area (Å²) in [4.78, 5) is 14.3. The lowest BCUT2D eigenvalue weighted by Crippen LogP contribution is -2.32. The Labute approximate surface area is 110 Å². The number of carbonyl (C=O) groups is 1. The zero-order chi connectivity index (χ0) is 12.8. The van der Waals surface area contributed by atoms with Gasteiger partial charge < -0.3 is 4.90 Å². The molecule has 1 aliphatic heterocycles. The van der Waals surface area contributed by atoms with Gasteiger partial charge >= 0.3 is 0 Å². The average molecular weight is 245 g/mol. The number of likely N-dealkylation sites (tertiary alicyclic amines) is 1. The number of carbonyl (C=O) groups excluding carboxylic acids is 1. The quantitative estimate of drug-likeness (QED) is 0.797. The zero-order valence-corrected chi connectivity index (χ0v) is 11.3. The van der Waals surface area contributed by atoms with Crippen LogP contribution in [-0.2, 0) is 4.79 Å². The van der Waals surface area contributed by atoms with E-state index in [-0.39, 0.29) is 0 Å². The molecule has 0 aliphatic carbocycles. The fourth-order valence-corrected chi connectivity index (χ4v) is 2.61. The summed E-state index contributed by atoms with van der Waals surface area (Å²) in [5.41, 5.74) is 1.26. The molecule has 18 heavy (non-hydrogen) atoms. The van der Waals surface area contributed by atoms with Gasteiger partial charge in [-0.3, -0.25) is 4.79 Å². The van der Waals surface area contributed by atoms with Crippen LogP contribution in [0, 0.1) is 0 Å². The minimum atomic E-state index is 0.321. The Morgan fingerprint density at radius 2 is 1.72 bits per heavy atom. The van der Waals surface area contributed by atoms with Gasteiger partial charge in [0.1, 0.15) is 0 Å². The van der Waals surface area contributed by atoms with Crippen LogP contribution in [-0.4, -0.2) is 23.9 Å². The Bertz CT molecular complexity index is 366. The number of hydrogen-bond acceptors (Lipinski definition) is 1. The standard InChI is InChI=1S/C16H23NO/c1-14(15-9-5-4-6-10-15)13-16(18)17-11-7-2-3-8-12-17/h4-6,9-10,14H,2-3,7-8,11-13H2,1H3/t14-/m1/s1. The zero-order valence-electron chi connectivity index (χ0n) is 11.3. The third-order valence-electron chi connectivity index (χ3n) is 3.81. The molecule has 0 saturated carbocycles. The lowest BCUT2D eigenvalue weighted by molar-refractivity contribution is -0.131. The van der Waals surface area contributed by atoms with Gasteiger partial charge in [-0.2, -0.15) is 0 Å². The van der Waals surface area contributed by atoms with Crippen LogP contribution < -0.4 is 0 Å². The van der Waals surface area contributed by atoms with Crippen molar-refractivity contribution >= 4 is 5.91 Å². The molecular formula is C16H23NO. The van der Waals surface area contributed by atoms with Crippen LogP contribution in [0.1, 0.15) is 50.5 Å². The van der Waals surface area contributed by atoms with Gasteiger partial charge in [0.15, 0.2) is 0 Å². The van der Waals surface area contributed by atoms with E-state index in [1.54, 1.807) is 0 Å². The molecular weight excluding hydrogens is 222 g/mol. The number of rotatable bonds is 3. The van der Waals surface area contributed by atoms with Gasteiger partial charge in [-0.1, -0.05) is 50.1 Å². The van der Waals surface area contributed by atoms with Crippen LogP contribution in [0.4, 0.5) is 0 Å². The van der Waals surface area contributed by atoms with Gasteiger partial charge in [0.2, 0.25) is 5.91 Å². The molecule has 0 unspecified atom stereocenters. The molecule has 1 amide bonds. The Morgan fingerprint density at radius 1 is 1.11 bits per heavy atom. The Morgan fingerprint density at radius 3 is 2.33 bits per heavy atom. The molecule has 1 aromatic carbocycles. The molecule has 1 aromatic rings. The van der Waals surface area contributed by atoms with Crippen molar-refractivity contribution in [3.8, 4) is 0 Å². The first-order chi connectivity index (χ1) is 8.77. The lowest BCUT2D eigenvalue weighted by atomic mass is 9.97. The number of benzene rings is 1. The van der Waals surface area contributed by atoms with Crippen molar-refractivity contribution < 1.29 is 4.79 Å². The number of nitrogens with zero attached hydrogens (tertiary/aromatic N) is 1. The van der Waals surface area contributed by atoms with Gasteiger partial charge in [0.25, 0.3) is 0 Å². The van der Waals surface area contributed by atoms with Crippen LogP contribution in [0.5, 0.6) is 0 Å². The van der Waals surface area contributed by atoms with Crippen LogP contribution in [0.15, 0.2) is 30.3 Å². The van der Waals surface area contributed by atoms with Crippen molar-refractivity contribution in [3.63, 3.8) is 0 Å². The second-order valence-electron chi connectivity index (χ2n) is 5.31. The molecule has 98 valence electrons. The molecule has 0 aromatic heterocycles. The van der Waals surface area contributed by atoms with Crippen LogP contribution in [0.2, 0.25) is 0 Å². The summed E-state index contributed by atoms with van der Waals surface area (Å²) >= 11 is 0. The van der Waals surface area contributed by atoms with E-state index >= 15 is 0 Å². The fraction of sp³-hybridized carbons (Fsp3) is 0.562. The highest BCUT2D eigenvalue weighted by Crippen LogP contribution is 2.20. The third kappa shape index (κ3) is 3.59. The Hall–Kier alpha value is -1.31. The fourth-order valence-electron chi connectivity index (χ4n) is 2.61. The maximum atomic E-state index is 12.3. The molecule has 2 nitrogen and oxygen atoms in total. The molecule has 0 radical (unpaired) electrons. The summed E-state index contributed by atoms with van der Waals surface area (Å²) in [6.45, 7) is 4.06. The SMILES string of the molecule is C[C@H](CC(=O)N1CCCCCC1)c1ccccc1. The van der Waals surface area contributed by atoms with Gasteiger partial charge in [0.05, 0.1) is 0 Å². The van der Waals surface area contributed by atoms with Gasteiger partial charge in [-0.15, -0.1) is 0 Å². The predicted octanol–water partition coefficient (Wildman–Crippen LogP) is 3.58. The second kappa shape index (κ2) is 6.58. The topological polar surface area (TPSA) is 20.3 Å². The normalized spacial score (nSPS) is 18.2. The molecule has 1 fully saturated rings. The summed E-state index contributed by atoms with van der Waals surface area (Å²) < 4.78 is 0. The highest BCUT2D eigenvalue weighted by atomic mass is 16.2.